The highest BCUT2D eigenvalue weighted by atomic mass is 16.1. The summed E-state index contributed by atoms with van der Waals surface area (Å²) >= 11 is 0. The highest BCUT2D eigenvalue weighted by Crippen LogP contribution is 2.29. The zero-order valence-electron chi connectivity index (χ0n) is 14.9. The quantitative estimate of drug-likeness (QED) is 0.915. The van der Waals surface area contributed by atoms with Crippen molar-refractivity contribution in [2.75, 3.05) is 0 Å². The summed E-state index contributed by atoms with van der Waals surface area (Å²) in [6.07, 6.45) is 5.24. The van der Waals surface area contributed by atoms with Crippen LogP contribution in [0.5, 0.6) is 0 Å². The van der Waals surface area contributed by atoms with Crippen LogP contribution in [0, 0.1) is 11.8 Å². The Kier molecular flexibility index (Phi) is 4.10. The Morgan fingerprint density at radius 3 is 2.92 bits per heavy atom. The molecular formula is C20H25N3O2. The molecule has 2 heterocycles. The molecule has 3 unspecified atom stereocenters. The number of amides is 1. The van der Waals surface area contributed by atoms with Gasteiger partial charge in [0.2, 0.25) is 0 Å². The van der Waals surface area contributed by atoms with E-state index in [1.54, 1.807) is 22.8 Å². The Balaban J connectivity index is 1.62. The molecular weight excluding hydrogens is 314 g/mol. The van der Waals surface area contributed by atoms with E-state index in [9.17, 15) is 9.59 Å². The topological polar surface area (TPSA) is 64.0 Å². The third kappa shape index (κ3) is 2.86. The molecule has 2 aliphatic rings. The monoisotopic (exact) mass is 339 g/mol. The van der Waals surface area contributed by atoms with Crippen LogP contribution in [0.25, 0.3) is 10.9 Å². The molecule has 2 aromatic rings. The van der Waals surface area contributed by atoms with Crippen molar-refractivity contribution < 1.29 is 4.79 Å². The zero-order chi connectivity index (χ0) is 17.6. The highest BCUT2D eigenvalue weighted by Gasteiger charge is 2.28. The molecule has 3 atom stereocenters. The molecule has 5 nitrogen and oxygen atoms in total. The first-order chi connectivity index (χ1) is 12.0. The molecule has 1 aromatic carbocycles. The molecule has 1 fully saturated rings. The van der Waals surface area contributed by atoms with Gasteiger partial charge < -0.3 is 5.32 Å². The number of benzene rings is 1. The summed E-state index contributed by atoms with van der Waals surface area (Å²) in [5.41, 5.74) is 1.24. The predicted octanol–water partition coefficient (Wildman–Crippen LogP) is 2.90. The van der Waals surface area contributed by atoms with Crippen molar-refractivity contribution in [3.63, 3.8) is 0 Å². The van der Waals surface area contributed by atoms with Gasteiger partial charge >= 0.3 is 0 Å². The SMILES string of the molecule is CC1CCCC(NC(=O)c2ccc3c(=O)n4c(nc3c2)CCC4)C1C. The Hall–Kier alpha value is -2.17. The summed E-state index contributed by atoms with van der Waals surface area (Å²) in [6.45, 7) is 5.23. The molecule has 1 aliphatic carbocycles. The van der Waals surface area contributed by atoms with E-state index >= 15 is 0 Å². The van der Waals surface area contributed by atoms with Crippen LogP contribution >= 0.6 is 0 Å². The number of nitrogens with zero attached hydrogens (tertiary/aromatic N) is 2. The maximum atomic E-state index is 12.7. The second kappa shape index (κ2) is 6.28. The van der Waals surface area contributed by atoms with Crippen molar-refractivity contribution >= 4 is 16.8 Å². The third-order valence-corrected chi connectivity index (χ3v) is 6.10. The molecule has 0 bridgehead atoms. The van der Waals surface area contributed by atoms with E-state index < -0.39 is 0 Å². The zero-order valence-corrected chi connectivity index (χ0v) is 14.9. The van der Waals surface area contributed by atoms with Crippen LogP contribution in [0.3, 0.4) is 0 Å². The molecule has 25 heavy (non-hydrogen) atoms. The summed E-state index contributed by atoms with van der Waals surface area (Å²) < 4.78 is 1.76. The fourth-order valence-corrected chi connectivity index (χ4v) is 4.26. The van der Waals surface area contributed by atoms with Crippen LogP contribution in [0.2, 0.25) is 0 Å². The number of hydrogen-bond donors (Lipinski definition) is 1. The second-order valence-electron chi connectivity index (χ2n) is 7.67. The van der Waals surface area contributed by atoms with Gasteiger partial charge in [0, 0.05) is 24.6 Å². The van der Waals surface area contributed by atoms with Gasteiger partial charge in [0.25, 0.3) is 11.5 Å². The largest absolute Gasteiger partial charge is 0.349 e. The number of carbonyl (C=O) groups excluding carboxylic acids is 1. The van der Waals surface area contributed by atoms with Gasteiger partial charge in [-0.05, 0) is 42.9 Å². The van der Waals surface area contributed by atoms with Gasteiger partial charge in [-0.15, -0.1) is 0 Å². The summed E-state index contributed by atoms with van der Waals surface area (Å²) in [4.78, 5) is 29.8. The van der Waals surface area contributed by atoms with E-state index in [2.05, 4.69) is 24.1 Å². The molecule has 1 aliphatic heterocycles. The van der Waals surface area contributed by atoms with Crippen molar-refractivity contribution in [1.82, 2.24) is 14.9 Å². The molecule has 4 rings (SSSR count). The van der Waals surface area contributed by atoms with Gasteiger partial charge in [-0.2, -0.15) is 0 Å². The molecule has 1 aromatic heterocycles. The normalized spacial score (nSPS) is 25.8. The van der Waals surface area contributed by atoms with E-state index in [-0.39, 0.29) is 17.5 Å². The van der Waals surface area contributed by atoms with Crippen LogP contribution in [0.4, 0.5) is 0 Å². The van der Waals surface area contributed by atoms with Crippen LogP contribution in [0.1, 0.15) is 55.7 Å². The first-order valence-electron chi connectivity index (χ1n) is 9.39. The van der Waals surface area contributed by atoms with Crippen molar-refractivity contribution in [2.24, 2.45) is 11.8 Å². The van der Waals surface area contributed by atoms with E-state index in [0.29, 0.717) is 28.3 Å². The Labute approximate surface area is 147 Å². The second-order valence-corrected chi connectivity index (χ2v) is 7.67. The van der Waals surface area contributed by atoms with Crippen molar-refractivity contribution in [3.05, 3.63) is 39.9 Å². The number of carbonyl (C=O) groups is 1. The third-order valence-electron chi connectivity index (χ3n) is 6.10. The maximum Gasteiger partial charge on any atom is 0.261 e. The summed E-state index contributed by atoms with van der Waals surface area (Å²) in [6, 6.07) is 5.49. The minimum Gasteiger partial charge on any atom is -0.349 e. The Morgan fingerprint density at radius 1 is 1.24 bits per heavy atom. The smallest absolute Gasteiger partial charge is 0.261 e. The molecule has 1 amide bonds. The van der Waals surface area contributed by atoms with Gasteiger partial charge in [0.05, 0.1) is 10.9 Å². The first kappa shape index (κ1) is 16.3. The molecule has 0 spiro atoms. The number of aromatic nitrogens is 2. The standard InChI is InChI=1S/C20H25N3O2/c1-12-5-3-6-16(13(12)2)22-19(24)14-8-9-15-17(11-14)21-18-7-4-10-23(18)20(15)25/h8-9,11-13,16H,3-7,10H2,1-2H3,(H,22,24). The minimum absolute atomic E-state index is 0.0131. The Morgan fingerprint density at radius 2 is 2.08 bits per heavy atom. The maximum absolute atomic E-state index is 12.7. The molecule has 5 heteroatoms. The lowest BCUT2D eigenvalue weighted by atomic mass is 9.78. The van der Waals surface area contributed by atoms with Crippen LogP contribution in [-0.2, 0) is 13.0 Å². The molecule has 0 saturated heterocycles. The van der Waals surface area contributed by atoms with E-state index in [1.807, 2.05) is 0 Å². The highest BCUT2D eigenvalue weighted by molar-refractivity contribution is 5.97. The fraction of sp³-hybridized carbons (Fsp3) is 0.550. The Bertz CT molecular complexity index is 886. The van der Waals surface area contributed by atoms with Crippen LogP contribution < -0.4 is 10.9 Å². The van der Waals surface area contributed by atoms with Gasteiger partial charge in [-0.1, -0.05) is 26.7 Å². The van der Waals surface area contributed by atoms with E-state index in [1.165, 1.54) is 12.8 Å². The van der Waals surface area contributed by atoms with Crippen molar-refractivity contribution in [1.29, 1.82) is 0 Å². The lowest BCUT2D eigenvalue weighted by molar-refractivity contribution is 0.0891. The van der Waals surface area contributed by atoms with E-state index in [0.717, 1.165) is 31.6 Å². The van der Waals surface area contributed by atoms with Gasteiger partial charge in [0.1, 0.15) is 5.82 Å². The average Bonchev–Trinajstić information content (AvgIpc) is 3.07. The van der Waals surface area contributed by atoms with Crippen LogP contribution in [-0.4, -0.2) is 21.5 Å². The molecule has 1 saturated carbocycles. The number of rotatable bonds is 2. The van der Waals surface area contributed by atoms with Gasteiger partial charge in [-0.25, -0.2) is 4.98 Å². The van der Waals surface area contributed by atoms with Crippen molar-refractivity contribution in [3.8, 4) is 0 Å². The summed E-state index contributed by atoms with van der Waals surface area (Å²) in [5, 5.41) is 3.80. The van der Waals surface area contributed by atoms with Crippen LogP contribution in [0.15, 0.2) is 23.0 Å². The number of aryl methyl sites for hydroxylation is 1. The number of fused-ring (bicyclic) bond motifs is 2. The minimum atomic E-state index is -0.0600. The average molecular weight is 339 g/mol. The fourth-order valence-electron chi connectivity index (χ4n) is 4.26. The van der Waals surface area contributed by atoms with Crippen molar-refractivity contribution in [2.45, 2.75) is 58.5 Å². The lowest BCUT2D eigenvalue weighted by Gasteiger charge is -2.34. The van der Waals surface area contributed by atoms with Gasteiger partial charge in [-0.3, -0.25) is 14.2 Å². The molecule has 0 radical (unpaired) electrons. The number of nitrogens with one attached hydrogen (secondary N) is 1. The summed E-state index contributed by atoms with van der Waals surface area (Å²) in [7, 11) is 0. The molecule has 1 N–H and O–H groups in total. The summed E-state index contributed by atoms with van der Waals surface area (Å²) in [5.74, 6) is 1.91. The molecule has 132 valence electrons. The van der Waals surface area contributed by atoms with E-state index in [4.69, 9.17) is 0 Å². The predicted molar refractivity (Wildman–Crippen MR) is 97.8 cm³/mol. The van der Waals surface area contributed by atoms with Gasteiger partial charge in [0.15, 0.2) is 0 Å². The number of hydrogen-bond acceptors (Lipinski definition) is 3. The first-order valence-corrected chi connectivity index (χ1v) is 9.39. The lowest BCUT2D eigenvalue weighted by Crippen LogP contribution is -2.43.